The van der Waals surface area contributed by atoms with Crippen molar-refractivity contribution in [2.24, 2.45) is 18.7 Å². The maximum Gasteiger partial charge on any atom is 0.265 e. The Kier molecular flexibility index (Phi) is 6.63. The minimum atomic E-state index is -3.80. The second-order valence-corrected chi connectivity index (χ2v) is 10.5. The maximum atomic E-state index is 13.5. The molecule has 2 amide bonds. The minimum absolute atomic E-state index is 0.0210. The summed E-state index contributed by atoms with van der Waals surface area (Å²) in [5.74, 6) is -0.406. The smallest absolute Gasteiger partial charge is 0.265 e. The summed E-state index contributed by atoms with van der Waals surface area (Å²) < 4.78 is 34.4. The largest absolute Gasteiger partial charge is 0.467 e. The third-order valence-corrected chi connectivity index (χ3v) is 8.04. The lowest BCUT2D eigenvalue weighted by Crippen LogP contribution is -2.44. The number of hydrogen-bond donors (Lipinski definition) is 1. The molecule has 180 valence electrons. The molecule has 0 bridgehead atoms. The first-order valence-electron chi connectivity index (χ1n) is 11.0. The number of nitrogens with zero attached hydrogens (tertiary/aromatic N) is 3. The molecule has 9 nitrogen and oxygen atoms in total. The summed E-state index contributed by atoms with van der Waals surface area (Å²) in [5.41, 5.74) is 7.30. The van der Waals surface area contributed by atoms with Crippen molar-refractivity contribution in [3.8, 4) is 0 Å². The van der Waals surface area contributed by atoms with Crippen LogP contribution in [0.5, 0.6) is 0 Å². The maximum absolute atomic E-state index is 13.5. The van der Waals surface area contributed by atoms with Crippen molar-refractivity contribution in [1.29, 1.82) is 0 Å². The highest BCUT2D eigenvalue weighted by atomic mass is 32.2. The van der Waals surface area contributed by atoms with Gasteiger partial charge < -0.3 is 19.6 Å². The van der Waals surface area contributed by atoms with Crippen molar-refractivity contribution in [1.82, 2.24) is 8.87 Å². The molecule has 1 fully saturated rings. The number of nitrogens with two attached hydrogens (primary N) is 1. The van der Waals surface area contributed by atoms with E-state index in [0.29, 0.717) is 25.1 Å². The second-order valence-electron chi connectivity index (χ2n) is 8.55. The normalized spacial score (nSPS) is 15.4. The number of primary amides is 1. The number of carbonyl (C=O) groups is 2. The van der Waals surface area contributed by atoms with Crippen LogP contribution >= 0.6 is 0 Å². The molecule has 0 saturated carbocycles. The van der Waals surface area contributed by atoms with Crippen LogP contribution in [0.15, 0.2) is 64.2 Å². The fourth-order valence-electron chi connectivity index (χ4n) is 4.21. The van der Waals surface area contributed by atoms with Crippen molar-refractivity contribution in [2.45, 2.75) is 31.2 Å². The van der Waals surface area contributed by atoms with Gasteiger partial charge in [0.25, 0.3) is 5.91 Å². The fraction of sp³-hybridized carbons (Fsp3) is 0.333. The molecule has 0 atom stereocenters. The molecule has 1 saturated heterocycles. The van der Waals surface area contributed by atoms with E-state index in [9.17, 15) is 18.0 Å². The number of rotatable bonds is 7. The number of aromatic nitrogens is 1. The molecule has 1 aromatic carbocycles. The monoisotopic (exact) mass is 484 g/mol. The van der Waals surface area contributed by atoms with Gasteiger partial charge in [0.05, 0.1) is 12.8 Å². The molecule has 0 radical (unpaired) electrons. The summed E-state index contributed by atoms with van der Waals surface area (Å²) in [4.78, 5) is 26.8. The lowest BCUT2D eigenvalue weighted by atomic mass is 9.96. The van der Waals surface area contributed by atoms with Gasteiger partial charge in [-0.15, -0.1) is 0 Å². The van der Waals surface area contributed by atoms with Gasteiger partial charge in [-0.2, -0.15) is 4.31 Å². The van der Waals surface area contributed by atoms with E-state index in [4.69, 9.17) is 10.2 Å². The molecule has 0 aliphatic carbocycles. The third-order valence-electron chi connectivity index (χ3n) is 6.18. The lowest BCUT2D eigenvalue weighted by Gasteiger charge is -2.33. The molecule has 0 spiro atoms. The van der Waals surface area contributed by atoms with Crippen LogP contribution in [0.3, 0.4) is 0 Å². The van der Waals surface area contributed by atoms with E-state index in [-0.39, 0.29) is 35.5 Å². The van der Waals surface area contributed by atoms with Crippen LogP contribution in [0.4, 0.5) is 5.69 Å². The predicted molar refractivity (Wildman–Crippen MR) is 126 cm³/mol. The van der Waals surface area contributed by atoms with Crippen LogP contribution in [0.1, 0.15) is 34.7 Å². The molecule has 1 aliphatic heterocycles. The Bertz CT molecular complexity index is 1270. The van der Waals surface area contributed by atoms with Crippen molar-refractivity contribution >= 4 is 27.5 Å². The minimum Gasteiger partial charge on any atom is -0.467 e. The number of piperidine rings is 1. The Morgan fingerprint density at radius 1 is 1.15 bits per heavy atom. The summed E-state index contributed by atoms with van der Waals surface area (Å²) in [6.45, 7) is 2.70. The zero-order valence-electron chi connectivity index (χ0n) is 19.2. The molecule has 3 heterocycles. The highest BCUT2D eigenvalue weighted by molar-refractivity contribution is 7.89. The topological polar surface area (TPSA) is 119 Å². The van der Waals surface area contributed by atoms with Crippen LogP contribution in [0.2, 0.25) is 0 Å². The first-order chi connectivity index (χ1) is 16.2. The number of sulfonamides is 1. The number of amides is 2. The number of carbonyl (C=O) groups excluding carboxylic acids is 2. The van der Waals surface area contributed by atoms with Gasteiger partial charge in [0, 0.05) is 37.9 Å². The molecule has 0 unspecified atom stereocenters. The summed E-state index contributed by atoms with van der Waals surface area (Å²) >= 11 is 0. The first-order valence-corrected chi connectivity index (χ1v) is 12.5. The molecule has 2 N–H and O–H groups in total. The average Bonchev–Trinajstić information content (AvgIpc) is 3.48. The molecule has 1 aliphatic rings. The van der Waals surface area contributed by atoms with Gasteiger partial charge >= 0.3 is 0 Å². The van der Waals surface area contributed by atoms with Crippen LogP contribution in [-0.2, 0) is 28.4 Å². The van der Waals surface area contributed by atoms with Crippen LogP contribution in [0, 0.1) is 12.8 Å². The lowest BCUT2D eigenvalue weighted by molar-refractivity contribution is -0.123. The van der Waals surface area contributed by atoms with Gasteiger partial charge in [-0.3, -0.25) is 9.59 Å². The van der Waals surface area contributed by atoms with Crippen LogP contribution < -0.4 is 10.6 Å². The average molecular weight is 485 g/mol. The van der Waals surface area contributed by atoms with Gasteiger partial charge in [-0.25, -0.2) is 8.42 Å². The number of benzene rings is 1. The summed E-state index contributed by atoms with van der Waals surface area (Å²) in [7, 11) is -2.23. The van der Waals surface area contributed by atoms with E-state index in [1.165, 1.54) is 21.1 Å². The van der Waals surface area contributed by atoms with Crippen LogP contribution in [0.25, 0.3) is 0 Å². The van der Waals surface area contributed by atoms with E-state index in [0.717, 1.165) is 11.3 Å². The van der Waals surface area contributed by atoms with E-state index in [2.05, 4.69) is 0 Å². The number of furan rings is 1. The molecular weight excluding hydrogens is 456 g/mol. The Labute approximate surface area is 198 Å². The zero-order valence-corrected chi connectivity index (χ0v) is 20.0. The van der Waals surface area contributed by atoms with Gasteiger partial charge in [0.1, 0.15) is 16.3 Å². The molecule has 10 heteroatoms. The highest BCUT2D eigenvalue weighted by Gasteiger charge is 2.35. The van der Waals surface area contributed by atoms with Gasteiger partial charge in [0.2, 0.25) is 15.9 Å². The molecule has 3 aromatic rings. The second kappa shape index (κ2) is 9.47. The summed E-state index contributed by atoms with van der Waals surface area (Å²) in [5, 5.41) is 0. The summed E-state index contributed by atoms with van der Waals surface area (Å²) in [6, 6.07) is 12.6. The van der Waals surface area contributed by atoms with Crippen molar-refractivity contribution in [3.63, 3.8) is 0 Å². The molecule has 4 rings (SSSR count). The zero-order chi connectivity index (χ0) is 24.5. The van der Waals surface area contributed by atoms with Crippen molar-refractivity contribution in [2.75, 3.05) is 18.0 Å². The number of hydrogen-bond acceptors (Lipinski definition) is 5. The predicted octanol–water partition coefficient (Wildman–Crippen LogP) is 2.66. The number of aryl methyl sites for hydroxylation is 2. The SMILES string of the molecule is Cc1ccc(N(Cc2ccco2)C(=O)C2CCN(S(=O)(=O)c3cc(C(N)=O)n(C)c3)CC2)cc1. The van der Waals surface area contributed by atoms with Gasteiger partial charge in [-0.1, -0.05) is 17.7 Å². The summed E-state index contributed by atoms with van der Waals surface area (Å²) in [6.07, 6.45) is 3.75. The van der Waals surface area contributed by atoms with E-state index in [1.807, 2.05) is 37.3 Å². The van der Waals surface area contributed by atoms with Crippen molar-refractivity contribution < 1.29 is 22.4 Å². The Balaban J connectivity index is 1.49. The number of anilines is 1. The highest BCUT2D eigenvalue weighted by Crippen LogP contribution is 2.29. The van der Waals surface area contributed by atoms with Crippen molar-refractivity contribution in [3.05, 3.63) is 71.9 Å². The van der Waals surface area contributed by atoms with E-state index < -0.39 is 15.9 Å². The Hall–Kier alpha value is -3.37. The fourth-order valence-corrected chi connectivity index (χ4v) is 5.75. The quantitative estimate of drug-likeness (QED) is 0.553. The van der Waals surface area contributed by atoms with E-state index >= 15 is 0 Å². The first kappa shape index (κ1) is 23.8. The molecule has 2 aromatic heterocycles. The Morgan fingerprint density at radius 3 is 2.38 bits per heavy atom. The molecule has 34 heavy (non-hydrogen) atoms. The van der Waals surface area contributed by atoms with E-state index in [1.54, 1.807) is 24.3 Å². The van der Waals surface area contributed by atoms with Gasteiger partial charge in [0.15, 0.2) is 0 Å². The van der Waals surface area contributed by atoms with Gasteiger partial charge in [-0.05, 0) is 50.1 Å². The molecular formula is C24H28N4O5S. The Morgan fingerprint density at radius 2 is 1.82 bits per heavy atom. The van der Waals surface area contributed by atoms with Crippen LogP contribution in [-0.4, -0.2) is 42.2 Å². The standard InChI is InChI=1S/C24H28N4O5S/c1-17-5-7-19(8-6-17)28(15-20-4-3-13-33-20)24(30)18-9-11-27(12-10-18)34(31,32)21-14-22(23(25)29)26(2)16-21/h3-8,13-14,16,18H,9-12,15H2,1-2H3,(H2,25,29). The third kappa shape index (κ3) is 4.78.